The first-order chi connectivity index (χ1) is 7.72. The Bertz CT molecular complexity index is 295. The van der Waals surface area contributed by atoms with Gasteiger partial charge in [0, 0.05) is 5.92 Å². The van der Waals surface area contributed by atoms with Crippen LogP contribution in [0.15, 0.2) is 4.42 Å². The van der Waals surface area contributed by atoms with Crippen molar-refractivity contribution in [2.45, 2.75) is 63.6 Å². The van der Waals surface area contributed by atoms with Crippen LogP contribution in [0.2, 0.25) is 0 Å². The third-order valence-electron chi connectivity index (χ3n) is 2.71. The Morgan fingerprint density at radius 2 is 1.62 bits per heavy atom. The lowest BCUT2D eigenvalue weighted by atomic mass is 9.98. The third-order valence-corrected chi connectivity index (χ3v) is 3.75. The van der Waals surface area contributed by atoms with E-state index in [1.165, 1.54) is 0 Å². The summed E-state index contributed by atoms with van der Waals surface area (Å²) >= 11 is 3.53. The predicted molar refractivity (Wildman–Crippen MR) is 68.8 cm³/mol. The van der Waals surface area contributed by atoms with Crippen molar-refractivity contribution in [3.05, 3.63) is 11.8 Å². The van der Waals surface area contributed by atoms with Crippen molar-refractivity contribution < 1.29 is 4.42 Å². The van der Waals surface area contributed by atoms with Gasteiger partial charge in [-0.25, -0.2) is 0 Å². The van der Waals surface area contributed by atoms with Crippen molar-refractivity contribution in [1.29, 1.82) is 0 Å². The van der Waals surface area contributed by atoms with Gasteiger partial charge in [0.15, 0.2) is 0 Å². The van der Waals surface area contributed by atoms with Crippen LogP contribution in [0.1, 0.15) is 75.4 Å². The highest BCUT2D eigenvalue weighted by Gasteiger charge is 2.19. The van der Waals surface area contributed by atoms with Gasteiger partial charge in [-0.05, 0) is 19.3 Å². The van der Waals surface area contributed by atoms with Gasteiger partial charge in [0.05, 0.1) is 4.83 Å². The van der Waals surface area contributed by atoms with Gasteiger partial charge in [0.25, 0.3) is 0 Å². The monoisotopic (exact) mass is 288 g/mol. The summed E-state index contributed by atoms with van der Waals surface area (Å²) in [5, 5.41) is 8.28. The van der Waals surface area contributed by atoms with Crippen molar-refractivity contribution in [3.8, 4) is 0 Å². The summed E-state index contributed by atoms with van der Waals surface area (Å²) in [6.45, 7) is 6.48. The average molecular weight is 289 g/mol. The molecule has 0 radical (unpaired) electrons. The first-order valence-electron chi connectivity index (χ1n) is 6.20. The fourth-order valence-corrected chi connectivity index (χ4v) is 1.99. The van der Waals surface area contributed by atoms with E-state index in [-0.39, 0.29) is 4.83 Å². The van der Waals surface area contributed by atoms with Crippen LogP contribution in [0.5, 0.6) is 0 Å². The van der Waals surface area contributed by atoms with E-state index < -0.39 is 0 Å². The van der Waals surface area contributed by atoms with Gasteiger partial charge in [0.1, 0.15) is 0 Å². The zero-order valence-corrected chi connectivity index (χ0v) is 12.0. The van der Waals surface area contributed by atoms with E-state index in [2.05, 4.69) is 46.9 Å². The molecule has 4 heteroatoms. The largest absolute Gasteiger partial charge is 0.424 e. The number of aromatic nitrogens is 2. The number of nitrogens with zero attached hydrogens (tertiary/aromatic N) is 2. The zero-order valence-electron chi connectivity index (χ0n) is 10.4. The van der Waals surface area contributed by atoms with Gasteiger partial charge >= 0.3 is 0 Å². The van der Waals surface area contributed by atoms with Crippen molar-refractivity contribution >= 4 is 15.9 Å². The molecule has 1 rings (SSSR count). The highest BCUT2D eigenvalue weighted by atomic mass is 79.9. The zero-order chi connectivity index (χ0) is 12.0. The molecule has 0 fully saturated rings. The third kappa shape index (κ3) is 3.58. The Morgan fingerprint density at radius 3 is 2.12 bits per heavy atom. The molecule has 1 aromatic heterocycles. The summed E-state index contributed by atoms with van der Waals surface area (Å²) in [5.41, 5.74) is 0. The molecule has 16 heavy (non-hydrogen) atoms. The second-order valence-corrected chi connectivity index (χ2v) is 5.23. The number of alkyl halides is 1. The molecular formula is C12H21BrN2O. The predicted octanol–water partition coefficient (Wildman–Crippen LogP) is 4.60. The summed E-state index contributed by atoms with van der Waals surface area (Å²) in [4.78, 5) is 0.192. The van der Waals surface area contributed by atoms with Gasteiger partial charge in [0.2, 0.25) is 11.8 Å². The Morgan fingerprint density at radius 1 is 1.06 bits per heavy atom. The molecule has 92 valence electrons. The maximum atomic E-state index is 5.73. The Kier molecular flexibility index (Phi) is 6.03. The molecule has 0 saturated heterocycles. The molecule has 0 N–H and O–H groups in total. The minimum Gasteiger partial charge on any atom is -0.424 e. The molecule has 1 unspecified atom stereocenters. The van der Waals surface area contributed by atoms with Crippen LogP contribution in [-0.4, -0.2) is 10.2 Å². The summed E-state index contributed by atoms with van der Waals surface area (Å²) in [6, 6.07) is 0. The second kappa shape index (κ2) is 7.05. The van der Waals surface area contributed by atoms with E-state index in [4.69, 9.17) is 4.42 Å². The first kappa shape index (κ1) is 13.7. The maximum Gasteiger partial charge on any atom is 0.230 e. The topological polar surface area (TPSA) is 38.9 Å². The van der Waals surface area contributed by atoms with Crippen molar-refractivity contribution in [2.75, 3.05) is 0 Å². The van der Waals surface area contributed by atoms with Gasteiger partial charge in [-0.3, -0.25) is 0 Å². The normalized spacial score (nSPS) is 13.3. The van der Waals surface area contributed by atoms with E-state index in [0.717, 1.165) is 43.9 Å². The number of hydrogen-bond acceptors (Lipinski definition) is 3. The molecule has 0 saturated carbocycles. The Hall–Kier alpha value is -0.380. The lowest BCUT2D eigenvalue weighted by molar-refractivity contribution is 0.387. The van der Waals surface area contributed by atoms with Crippen LogP contribution in [0.25, 0.3) is 0 Å². The van der Waals surface area contributed by atoms with E-state index >= 15 is 0 Å². The lowest BCUT2D eigenvalue weighted by Gasteiger charge is -2.09. The summed E-state index contributed by atoms with van der Waals surface area (Å²) in [5.74, 6) is 1.97. The van der Waals surface area contributed by atoms with Crippen LogP contribution >= 0.6 is 15.9 Å². The molecule has 1 atom stereocenters. The quantitative estimate of drug-likeness (QED) is 0.689. The molecule has 0 aliphatic heterocycles. The van der Waals surface area contributed by atoms with Crippen molar-refractivity contribution in [3.63, 3.8) is 0 Å². The van der Waals surface area contributed by atoms with Gasteiger partial charge < -0.3 is 4.42 Å². The second-order valence-electron chi connectivity index (χ2n) is 4.13. The van der Waals surface area contributed by atoms with Gasteiger partial charge in [-0.15, -0.1) is 10.2 Å². The van der Waals surface area contributed by atoms with Gasteiger partial charge in [-0.2, -0.15) is 0 Å². The molecule has 0 spiro atoms. The van der Waals surface area contributed by atoms with Gasteiger partial charge in [-0.1, -0.05) is 49.5 Å². The minimum absolute atomic E-state index is 0.192. The first-order valence-corrected chi connectivity index (χ1v) is 7.11. The van der Waals surface area contributed by atoms with Crippen LogP contribution < -0.4 is 0 Å². The fourth-order valence-electron chi connectivity index (χ4n) is 1.80. The molecule has 0 aliphatic carbocycles. The molecular weight excluding hydrogens is 268 g/mol. The van der Waals surface area contributed by atoms with Crippen molar-refractivity contribution in [1.82, 2.24) is 10.2 Å². The van der Waals surface area contributed by atoms with Crippen LogP contribution in [0.4, 0.5) is 0 Å². The number of hydrogen-bond donors (Lipinski definition) is 0. The van der Waals surface area contributed by atoms with E-state index in [9.17, 15) is 0 Å². The molecule has 0 bridgehead atoms. The number of rotatable bonds is 7. The molecule has 1 aromatic rings. The lowest BCUT2D eigenvalue weighted by Crippen LogP contribution is -1.98. The Balaban J connectivity index is 2.72. The van der Waals surface area contributed by atoms with E-state index in [0.29, 0.717) is 5.92 Å². The molecule has 0 aliphatic rings. The van der Waals surface area contributed by atoms with Crippen LogP contribution in [0.3, 0.4) is 0 Å². The number of halogens is 1. The van der Waals surface area contributed by atoms with Crippen LogP contribution in [0, 0.1) is 0 Å². The molecule has 3 nitrogen and oxygen atoms in total. The average Bonchev–Trinajstić information content (AvgIpc) is 2.77. The summed E-state index contributed by atoms with van der Waals surface area (Å²) in [6.07, 6.45) is 5.55. The van der Waals surface area contributed by atoms with Crippen LogP contribution in [-0.2, 0) is 0 Å². The Labute approximate surface area is 106 Å². The highest BCUT2D eigenvalue weighted by Crippen LogP contribution is 2.29. The molecule has 0 amide bonds. The highest BCUT2D eigenvalue weighted by molar-refractivity contribution is 9.09. The maximum absolute atomic E-state index is 5.73. The molecule has 1 heterocycles. The standard InChI is InChI=1S/C12H21BrN2O/c1-4-7-9(8-5-2)11-14-15-12(16-11)10(13)6-3/h9-10H,4-8H2,1-3H3. The minimum atomic E-state index is 0.192. The van der Waals surface area contributed by atoms with Crippen molar-refractivity contribution in [2.24, 2.45) is 0 Å². The smallest absolute Gasteiger partial charge is 0.230 e. The van der Waals surface area contributed by atoms with E-state index in [1.54, 1.807) is 0 Å². The fraction of sp³-hybridized carbons (Fsp3) is 0.833. The summed E-state index contributed by atoms with van der Waals surface area (Å²) in [7, 11) is 0. The SMILES string of the molecule is CCCC(CCC)c1nnc(C(Br)CC)o1. The van der Waals surface area contributed by atoms with E-state index in [1.807, 2.05) is 0 Å². The molecule has 0 aromatic carbocycles. The summed E-state index contributed by atoms with van der Waals surface area (Å²) < 4.78 is 5.73.